The van der Waals surface area contributed by atoms with Gasteiger partial charge in [-0.05, 0) is 34.0 Å². The second-order valence-electron chi connectivity index (χ2n) is 1.39. The summed E-state index contributed by atoms with van der Waals surface area (Å²) in [6, 6.07) is 1.91. The SMILES string of the molecule is O/N=C/c1ccsc1I. The third-order valence-electron chi connectivity index (χ3n) is 0.843. The highest BCUT2D eigenvalue weighted by atomic mass is 127. The van der Waals surface area contributed by atoms with Crippen LogP contribution in [0.3, 0.4) is 0 Å². The van der Waals surface area contributed by atoms with Gasteiger partial charge in [0.25, 0.3) is 0 Å². The molecule has 1 rings (SSSR count). The first-order chi connectivity index (χ1) is 4.34. The molecule has 0 aromatic carbocycles. The average Bonchev–Trinajstić information content (AvgIpc) is 2.18. The van der Waals surface area contributed by atoms with Gasteiger partial charge in [0.05, 0.1) is 9.10 Å². The first-order valence-electron chi connectivity index (χ1n) is 2.25. The summed E-state index contributed by atoms with van der Waals surface area (Å²) in [4.78, 5) is 0. The van der Waals surface area contributed by atoms with Crippen LogP contribution in [-0.2, 0) is 0 Å². The van der Waals surface area contributed by atoms with Crippen molar-refractivity contribution >= 4 is 40.1 Å². The third-order valence-corrected chi connectivity index (χ3v) is 2.94. The van der Waals surface area contributed by atoms with Crippen LogP contribution in [-0.4, -0.2) is 11.4 Å². The fraction of sp³-hybridized carbons (Fsp3) is 0. The highest BCUT2D eigenvalue weighted by Gasteiger charge is 1.94. The molecule has 0 saturated carbocycles. The molecular formula is C5H4INOS. The van der Waals surface area contributed by atoms with Gasteiger partial charge >= 0.3 is 0 Å². The van der Waals surface area contributed by atoms with Crippen LogP contribution in [0, 0.1) is 2.88 Å². The second-order valence-corrected chi connectivity index (χ2v) is 4.12. The quantitative estimate of drug-likeness (QED) is 0.353. The summed E-state index contributed by atoms with van der Waals surface area (Å²) in [5.74, 6) is 0. The molecule has 0 aliphatic carbocycles. The highest BCUT2D eigenvalue weighted by molar-refractivity contribution is 14.1. The molecule has 0 fully saturated rings. The molecular weight excluding hydrogens is 249 g/mol. The van der Waals surface area contributed by atoms with E-state index in [0.717, 1.165) is 8.45 Å². The third kappa shape index (κ3) is 1.65. The molecule has 0 spiro atoms. The maximum Gasteiger partial charge on any atom is 0.0753 e. The fourth-order valence-corrected chi connectivity index (χ4v) is 1.81. The molecule has 0 unspecified atom stereocenters. The zero-order valence-electron chi connectivity index (χ0n) is 4.41. The Labute approximate surface area is 70.3 Å². The summed E-state index contributed by atoms with van der Waals surface area (Å²) >= 11 is 3.82. The van der Waals surface area contributed by atoms with Crippen LogP contribution in [0.25, 0.3) is 0 Å². The van der Waals surface area contributed by atoms with Crippen LogP contribution in [0.4, 0.5) is 0 Å². The van der Waals surface area contributed by atoms with E-state index in [1.54, 1.807) is 11.3 Å². The van der Waals surface area contributed by atoms with E-state index in [1.807, 2.05) is 11.4 Å². The van der Waals surface area contributed by atoms with E-state index in [9.17, 15) is 0 Å². The van der Waals surface area contributed by atoms with Crippen molar-refractivity contribution in [2.75, 3.05) is 0 Å². The lowest BCUT2D eigenvalue weighted by atomic mass is 10.4. The number of oxime groups is 1. The first-order valence-corrected chi connectivity index (χ1v) is 4.21. The van der Waals surface area contributed by atoms with Crippen molar-refractivity contribution < 1.29 is 5.21 Å². The molecule has 1 heterocycles. The molecule has 0 atom stereocenters. The van der Waals surface area contributed by atoms with Crippen molar-refractivity contribution in [2.45, 2.75) is 0 Å². The van der Waals surface area contributed by atoms with Crippen LogP contribution in [0.15, 0.2) is 16.6 Å². The molecule has 1 aromatic rings. The van der Waals surface area contributed by atoms with Gasteiger partial charge in [-0.1, -0.05) is 5.16 Å². The lowest BCUT2D eigenvalue weighted by molar-refractivity contribution is 0.322. The highest BCUT2D eigenvalue weighted by Crippen LogP contribution is 2.16. The van der Waals surface area contributed by atoms with Crippen LogP contribution < -0.4 is 0 Å². The van der Waals surface area contributed by atoms with Crippen LogP contribution in [0.1, 0.15) is 5.56 Å². The van der Waals surface area contributed by atoms with Gasteiger partial charge in [-0.3, -0.25) is 0 Å². The molecule has 0 radical (unpaired) electrons. The van der Waals surface area contributed by atoms with E-state index in [0.29, 0.717) is 0 Å². The Morgan fingerprint density at radius 2 is 2.56 bits per heavy atom. The lowest BCUT2D eigenvalue weighted by Crippen LogP contribution is -1.76. The van der Waals surface area contributed by atoms with Crippen molar-refractivity contribution in [1.29, 1.82) is 0 Å². The fourth-order valence-electron chi connectivity index (χ4n) is 0.457. The smallest absolute Gasteiger partial charge is 0.0753 e. The minimum Gasteiger partial charge on any atom is -0.411 e. The predicted octanol–water partition coefficient (Wildman–Crippen LogP) is 2.16. The Bertz CT molecular complexity index is 220. The van der Waals surface area contributed by atoms with Crippen molar-refractivity contribution in [3.8, 4) is 0 Å². The number of halogens is 1. The lowest BCUT2D eigenvalue weighted by Gasteiger charge is -1.81. The Morgan fingerprint density at radius 3 is 3.00 bits per heavy atom. The second kappa shape index (κ2) is 3.17. The molecule has 0 amide bonds. The number of hydrogen-bond donors (Lipinski definition) is 1. The van der Waals surface area contributed by atoms with Gasteiger partial charge in [0.2, 0.25) is 0 Å². The molecule has 2 nitrogen and oxygen atoms in total. The van der Waals surface area contributed by atoms with Crippen LogP contribution in [0.2, 0.25) is 0 Å². The first kappa shape index (κ1) is 7.01. The Balaban J connectivity index is 2.94. The molecule has 1 aromatic heterocycles. The van der Waals surface area contributed by atoms with E-state index >= 15 is 0 Å². The summed E-state index contributed by atoms with van der Waals surface area (Å²) in [5, 5.41) is 13.0. The number of rotatable bonds is 1. The minimum atomic E-state index is 0.975. The van der Waals surface area contributed by atoms with Gasteiger partial charge in [-0.2, -0.15) is 0 Å². The standard InChI is InChI=1S/C5H4INOS/c6-5-4(3-7-8)1-2-9-5/h1-3,8H/b7-3+. The summed E-state index contributed by atoms with van der Waals surface area (Å²) in [5.41, 5.74) is 0.975. The molecule has 4 heteroatoms. The summed E-state index contributed by atoms with van der Waals surface area (Å²) < 4.78 is 1.14. The summed E-state index contributed by atoms with van der Waals surface area (Å²) in [7, 11) is 0. The summed E-state index contributed by atoms with van der Waals surface area (Å²) in [6.07, 6.45) is 1.43. The molecule has 0 saturated heterocycles. The number of nitrogens with zero attached hydrogens (tertiary/aromatic N) is 1. The maximum atomic E-state index is 8.13. The van der Waals surface area contributed by atoms with Gasteiger partial charge in [0.15, 0.2) is 0 Å². The Hall–Kier alpha value is -0.100. The van der Waals surface area contributed by atoms with Gasteiger partial charge < -0.3 is 5.21 Å². The van der Waals surface area contributed by atoms with Crippen molar-refractivity contribution in [3.63, 3.8) is 0 Å². The van der Waals surface area contributed by atoms with Gasteiger partial charge in [0.1, 0.15) is 0 Å². The largest absolute Gasteiger partial charge is 0.411 e. The van der Waals surface area contributed by atoms with E-state index in [4.69, 9.17) is 5.21 Å². The molecule has 0 aliphatic heterocycles. The number of thiophene rings is 1. The van der Waals surface area contributed by atoms with E-state index in [2.05, 4.69) is 27.7 Å². The normalized spacial score (nSPS) is 10.8. The van der Waals surface area contributed by atoms with Crippen molar-refractivity contribution in [3.05, 3.63) is 19.9 Å². The predicted molar refractivity (Wildman–Crippen MR) is 46.4 cm³/mol. The van der Waals surface area contributed by atoms with Gasteiger partial charge in [0, 0.05) is 5.56 Å². The Kier molecular flexibility index (Phi) is 2.47. The number of hydrogen-bond acceptors (Lipinski definition) is 3. The van der Waals surface area contributed by atoms with Gasteiger partial charge in [-0.25, -0.2) is 0 Å². The van der Waals surface area contributed by atoms with Crippen molar-refractivity contribution in [1.82, 2.24) is 0 Å². The maximum absolute atomic E-state index is 8.13. The Morgan fingerprint density at radius 1 is 1.78 bits per heavy atom. The van der Waals surface area contributed by atoms with E-state index in [1.165, 1.54) is 6.21 Å². The van der Waals surface area contributed by atoms with E-state index < -0.39 is 0 Å². The van der Waals surface area contributed by atoms with Crippen LogP contribution >= 0.6 is 33.9 Å². The zero-order valence-corrected chi connectivity index (χ0v) is 7.39. The molecule has 0 bridgehead atoms. The monoisotopic (exact) mass is 253 g/mol. The summed E-state index contributed by atoms with van der Waals surface area (Å²) in [6.45, 7) is 0. The van der Waals surface area contributed by atoms with Gasteiger partial charge in [-0.15, -0.1) is 11.3 Å². The minimum absolute atomic E-state index is 0.975. The molecule has 9 heavy (non-hydrogen) atoms. The topological polar surface area (TPSA) is 32.6 Å². The molecule has 48 valence electrons. The average molecular weight is 253 g/mol. The molecule has 0 aliphatic rings. The van der Waals surface area contributed by atoms with Crippen LogP contribution in [0.5, 0.6) is 0 Å². The van der Waals surface area contributed by atoms with Crippen molar-refractivity contribution in [2.24, 2.45) is 5.16 Å². The zero-order chi connectivity index (χ0) is 6.69. The molecule has 1 N–H and O–H groups in total. The van der Waals surface area contributed by atoms with E-state index in [-0.39, 0.29) is 0 Å².